The molecule has 1 aliphatic rings. The Kier molecular flexibility index (Phi) is 3.91. The Labute approximate surface area is 115 Å². The predicted octanol–water partition coefficient (Wildman–Crippen LogP) is 2.92. The van der Waals surface area contributed by atoms with E-state index >= 15 is 0 Å². The number of halogens is 6. The summed E-state index contributed by atoms with van der Waals surface area (Å²) < 4.78 is 76.0. The molecule has 0 bridgehead atoms. The van der Waals surface area contributed by atoms with Gasteiger partial charge >= 0.3 is 12.4 Å². The molecule has 1 aliphatic carbocycles. The highest BCUT2D eigenvalue weighted by Crippen LogP contribution is 2.37. The minimum atomic E-state index is -4.70. The SMILES string of the molecule is NNc1cc(C(F)(F)F)cc(N(CC(F)(F)F)C2CC2)n1. The molecule has 4 nitrogen and oxygen atoms in total. The van der Waals surface area contributed by atoms with Crippen LogP contribution in [-0.2, 0) is 6.18 Å². The molecule has 10 heteroatoms. The Morgan fingerprint density at radius 2 is 1.81 bits per heavy atom. The van der Waals surface area contributed by atoms with Gasteiger partial charge in [-0.15, -0.1) is 0 Å². The van der Waals surface area contributed by atoms with Crippen molar-refractivity contribution in [2.75, 3.05) is 16.9 Å². The maximum atomic E-state index is 12.8. The number of pyridine rings is 1. The predicted molar refractivity (Wildman–Crippen MR) is 63.5 cm³/mol. The van der Waals surface area contributed by atoms with Crippen molar-refractivity contribution >= 4 is 11.6 Å². The normalized spacial score (nSPS) is 16.0. The number of rotatable bonds is 4. The fraction of sp³-hybridized carbons (Fsp3) is 0.545. The molecule has 0 radical (unpaired) electrons. The van der Waals surface area contributed by atoms with Gasteiger partial charge in [0.2, 0.25) is 0 Å². The molecule has 3 N–H and O–H groups in total. The number of aromatic nitrogens is 1. The van der Waals surface area contributed by atoms with Crippen LogP contribution in [0.1, 0.15) is 18.4 Å². The monoisotopic (exact) mass is 314 g/mol. The van der Waals surface area contributed by atoms with Gasteiger partial charge in [0.25, 0.3) is 0 Å². The summed E-state index contributed by atoms with van der Waals surface area (Å²) in [5, 5.41) is 0. The molecule has 118 valence electrons. The molecule has 0 saturated heterocycles. The Hall–Kier alpha value is -1.71. The summed E-state index contributed by atoms with van der Waals surface area (Å²) in [6.45, 7) is -1.35. The quantitative estimate of drug-likeness (QED) is 0.510. The van der Waals surface area contributed by atoms with E-state index in [1.165, 1.54) is 0 Å². The molecule has 1 heterocycles. The lowest BCUT2D eigenvalue weighted by Gasteiger charge is -2.26. The van der Waals surface area contributed by atoms with Crippen LogP contribution in [0.5, 0.6) is 0 Å². The second-order valence-corrected chi connectivity index (χ2v) is 4.72. The maximum Gasteiger partial charge on any atom is 0.416 e. The van der Waals surface area contributed by atoms with Crippen LogP contribution < -0.4 is 16.2 Å². The summed E-state index contributed by atoms with van der Waals surface area (Å²) in [5.41, 5.74) is 0.834. The van der Waals surface area contributed by atoms with E-state index in [0.717, 1.165) is 4.90 Å². The van der Waals surface area contributed by atoms with Crippen molar-refractivity contribution in [2.45, 2.75) is 31.2 Å². The van der Waals surface area contributed by atoms with Gasteiger partial charge in [0.15, 0.2) is 0 Å². The van der Waals surface area contributed by atoms with Gasteiger partial charge in [-0.1, -0.05) is 0 Å². The Bertz CT molecular complexity index is 508. The smallest absolute Gasteiger partial charge is 0.344 e. The Morgan fingerprint density at radius 1 is 1.19 bits per heavy atom. The van der Waals surface area contributed by atoms with Gasteiger partial charge in [0.05, 0.1) is 5.56 Å². The average Bonchev–Trinajstić information content (AvgIpc) is 3.17. The van der Waals surface area contributed by atoms with Crippen LogP contribution in [0.3, 0.4) is 0 Å². The molecule has 0 atom stereocenters. The molecule has 0 spiro atoms. The third kappa shape index (κ3) is 4.13. The van der Waals surface area contributed by atoms with Gasteiger partial charge in [-0.05, 0) is 25.0 Å². The average molecular weight is 314 g/mol. The second kappa shape index (κ2) is 5.24. The third-order valence-electron chi connectivity index (χ3n) is 2.92. The molecular weight excluding hydrogens is 302 g/mol. The maximum absolute atomic E-state index is 12.8. The zero-order valence-electron chi connectivity index (χ0n) is 10.6. The third-order valence-corrected chi connectivity index (χ3v) is 2.92. The number of anilines is 2. The minimum absolute atomic E-state index is 0.340. The topological polar surface area (TPSA) is 54.2 Å². The number of hydrogen-bond acceptors (Lipinski definition) is 4. The molecule has 0 unspecified atom stereocenters. The molecule has 0 amide bonds. The first-order chi connectivity index (χ1) is 9.60. The lowest BCUT2D eigenvalue weighted by Crippen LogP contribution is -2.36. The van der Waals surface area contributed by atoms with E-state index in [-0.39, 0.29) is 5.82 Å². The fourth-order valence-corrected chi connectivity index (χ4v) is 1.88. The molecule has 21 heavy (non-hydrogen) atoms. The molecule has 0 aliphatic heterocycles. The van der Waals surface area contributed by atoms with Crippen LogP contribution in [-0.4, -0.2) is 23.7 Å². The first-order valence-electron chi connectivity index (χ1n) is 5.99. The van der Waals surface area contributed by atoms with E-state index in [0.29, 0.717) is 25.0 Å². The summed E-state index contributed by atoms with van der Waals surface area (Å²) >= 11 is 0. The van der Waals surface area contributed by atoms with Gasteiger partial charge in [-0.3, -0.25) is 0 Å². The summed E-state index contributed by atoms with van der Waals surface area (Å²) in [7, 11) is 0. The Morgan fingerprint density at radius 3 is 2.24 bits per heavy atom. The largest absolute Gasteiger partial charge is 0.416 e. The van der Waals surface area contributed by atoms with E-state index in [4.69, 9.17) is 5.84 Å². The second-order valence-electron chi connectivity index (χ2n) is 4.72. The van der Waals surface area contributed by atoms with Gasteiger partial charge in [-0.2, -0.15) is 26.3 Å². The number of hydrazine groups is 1. The van der Waals surface area contributed by atoms with Gasteiger partial charge in [-0.25, -0.2) is 10.8 Å². The van der Waals surface area contributed by atoms with Gasteiger partial charge in [0, 0.05) is 6.04 Å². The van der Waals surface area contributed by atoms with Crippen molar-refractivity contribution in [3.63, 3.8) is 0 Å². The van der Waals surface area contributed by atoms with Gasteiger partial charge < -0.3 is 10.3 Å². The van der Waals surface area contributed by atoms with Crippen LogP contribution in [0.15, 0.2) is 12.1 Å². The number of nitrogens with one attached hydrogen (secondary N) is 1. The van der Waals surface area contributed by atoms with E-state index in [2.05, 4.69) is 4.98 Å². The Balaban J connectivity index is 2.39. The lowest BCUT2D eigenvalue weighted by atomic mass is 10.2. The number of alkyl halides is 6. The summed E-state index contributed by atoms with van der Waals surface area (Å²) in [6.07, 6.45) is -8.26. The molecule has 1 aromatic heterocycles. The van der Waals surface area contributed by atoms with E-state index in [1.54, 1.807) is 0 Å². The molecular formula is C11H12F6N4. The molecule has 1 saturated carbocycles. The van der Waals surface area contributed by atoms with Crippen LogP contribution in [0, 0.1) is 0 Å². The standard InChI is InChI=1S/C11H12F6N4/c12-10(13,14)5-21(7-1-2-7)9-4-6(11(15,16)17)3-8(19-9)20-18/h3-4,7H,1-2,5,18H2,(H,19,20). The van der Waals surface area contributed by atoms with Crippen molar-refractivity contribution in [2.24, 2.45) is 5.84 Å². The van der Waals surface area contributed by atoms with Crippen LogP contribution in [0.4, 0.5) is 38.0 Å². The highest BCUT2D eigenvalue weighted by Gasteiger charge is 2.40. The number of nitrogens with two attached hydrogens (primary N) is 1. The van der Waals surface area contributed by atoms with Crippen molar-refractivity contribution in [1.29, 1.82) is 0 Å². The number of hydrogen-bond donors (Lipinski definition) is 2. The summed E-state index contributed by atoms with van der Waals surface area (Å²) in [6, 6.07) is 0.792. The van der Waals surface area contributed by atoms with Crippen LogP contribution >= 0.6 is 0 Å². The molecule has 1 aromatic rings. The van der Waals surface area contributed by atoms with Crippen LogP contribution in [0.25, 0.3) is 0 Å². The molecule has 1 fully saturated rings. The van der Waals surface area contributed by atoms with Crippen molar-refractivity contribution in [3.8, 4) is 0 Å². The lowest BCUT2D eigenvalue weighted by molar-refractivity contribution is -0.137. The van der Waals surface area contributed by atoms with Crippen molar-refractivity contribution in [1.82, 2.24) is 4.98 Å². The van der Waals surface area contributed by atoms with Crippen molar-refractivity contribution in [3.05, 3.63) is 17.7 Å². The molecule has 2 rings (SSSR count). The highest BCUT2D eigenvalue weighted by molar-refractivity contribution is 5.52. The zero-order chi connectivity index (χ0) is 15.8. The zero-order valence-corrected chi connectivity index (χ0v) is 10.6. The van der Waals surface area contributed by atoms with Crippen LogP contribution in [0.2, 0.25) is 0 Å². The first-order valence-corrected chi connectivity index (χ1v) is 5.99. The highest BCUT2D eigenvalue weighted by atomic mass is 19.4. The van der Waals surface area contributed by atoms with Crippen molar-refractivity contribution < 1.29 is 26.3 Å². The summed E-state index contributed by atoms with van der Waals surface area (Å²) in [5.74, 6) is 4.30. The number of nitrogen functional groups attached to an aromatic ring is 1. The number of nitrogens with zero attached hydrogens (tertiary/aromatic N) is 2. The fourth-order valence-electron chi connectivity index (χ4n) is 1.88. The minimum Gasteiger partial charge on any atom is -0.344 e. The van der Waals surface area contributed by atoms with E-state index < -0.39 is 36.3 Å². The molecule has 0 aromatic carbocycles. The van der Waals surface area contributed by atoms with E-state index in [9.17, 15) is 26.3 Å². The first kappa shape index (κ1) is 15.7. The van der Waals surface area contributed by atoms with E-state index in [1.807, 2.05) is 5.43 Å². The van der Waals surface area contributed by atoms with Gasteiger partial charge in [0.1, 0.15) is 18.2 Å². The summed E-state index contributed by atoms with van der Waals surface area (Å²) in [4.78, 5) is 4.53.